The van der Waals surface area contributed by atoms with Gasteiger partial charge in [0.25, 0.3) is 0 Å². The monoisotopic (exact) mass is 235 g/mol. The van der Waals surface area contributed by atoms with E-state index in [0.717, 1.165) is 19.5 Å². The smallest absolute Gasteiger partial charge is 0.121 e. The van der Waals surface area contributed by atoms with Crippen LogP contribution in [-0.2, 0) is 0 Å². The van der Waals surface area contributed by atoms with Crippen molar-refractivity contribution < 1.29 is 0 Å². The summed E-state index contributed by atoms with van der Waals surface area (Å²) in [5.74, 6) is 0. The van der Waals surface area contributed by atoms with E-state index in [4.69, 9.17) is 0 Å². The van der Waals surface area contributed by atoms with Gasteiger partial charge < -0.3 is 0 Å². The molecule has 0 aromatic heterocycles. The minimum Gasteiger partial charge on any atom is -0.298 e. The Balaban J connectivity index is 1.94. The molecule has 1 heterocycles. The average molecular weight is 235 g/mol. The zero-order valence-electron chi connectivity index (χ0n) is 11.2. The van der Waals surface area contributed by atoms with E-state index in [0.29, 0.717) is 12.1 Å². The molecule has 2 fully saturated rings. The summed E-state index contributed by atoms with van der Waals surface area (Å²) in [7, 11) is 0. The van der Waals surface area contributed by atoms with Crippen LogP contribution in [0.25, 0.3) is 0 Å². The van der Waals surface area contributed by atoms with E-state index in [2.05, 4.69) is 30.1 Å². The first-order valence-corrected chi connectivity index (χ1v) is 7.08. The molecule has 3 heteroatoms. The highest BCUT2D eigenvalue weighted by Gasteiger charge is 2.40. The van der Waals surface area contributed by atoms with Gasteiger partial charge in [-0.3, -0.25) is 10.2 Å². The molecule has 0 aromatic carbocycles. The molecule has 2 aliphatic rings. The largest absolute Gasteiger partial charge is 0.298 e. The number of nitriles is 1. The van der Waals surface area contributed by atoms with Crippen molar-refractivity contribution in [1.29, 1.82) is 5.26 Å². The summed E-state index contributed by atoms with van der Waals surface area (Å²) in [6.45, 7) is 6.39. The van der Waals surface area contributed by atoms with Crippen molar-refractivity contribution in [2.45, 2.75) is 70.0 Å². The minimum atomic E-state index is -0.272. The molecule has 0 bridgehead atoms. The van der Waals surface area contributed by atoms with Crippen LogP contribution in [-0.4, -0.2) is 35.6 Å². The molecule has 1 saturated carbocycles. The number of nitrogens with one attached hydrogen (secondary N) is 1. The van der Waals surface area contributed by atoms with Crippen LogP contribution in [0.2, 0.25) is 0 Å². The molecule has 17 heavy (non-hydrogen) atoms. The zero-order chi connectivity index (χ0) is 12.3. The number of likely N-dealkylation sites (tertiary alicyclic amines) is 1. The van der Waals surface area contributed by atoms with Gasteiger partial charge in [0.1, 0.15) is 5.54 Å². The van der Waals surface area contributed by atoms with Crippen molar-refractivity contribution in [3.8, 4) is 6.07 Å². The molecule has 0 spiro atoms. The van der Waals surface area contributed by atoms with E-state index in [-0.39, 0.29) is 5.54 Å². The quantitative estimate of drug-likeness (QED) is 0.815. The Morgan fingerprint density at radius 1 is 1.29 bits per heavy atom. The van der Waals surface area contributed by atoms with Gasteiger partial charge in [-0.1, -0.05) is 19.3 Å². The summed E-state index contributed by atoms with van der Waals surface area (Å²) < 4.78 is 0. The van der Waals surface area contributed by atoms with Crippen molar-refractivity contribution in [3.05, 3.63) is 0 Å². The maximum atomic E-state index is 9.51. The van der Waals surface area contributed by atoms with Gasteiger partial charge in [0.05, 0.1) is 6.07 Å². The van der Waals surface area contributed by atoms with Crippen LogP contribution in [0.1, 0.15) is 52.4 Å². The molecular weight excluding hydrogens is 210 g/mol. The molecule has 1 atom stereocenters. The van der Waals surface area contributed by atoms with Gasteiger partial charge in [0, 0.05) is 25.2 Å². The molecule has 0 aromatic rings. The number of rotatable bonds is 3. The van der Waals surface area contributed by atoms with Gasteiger partial charge in [0.2, 0.25) is 0 Å². The van der Waals surface area contributed by atoms with Gasteiger partial charge in [-0.15, -0.1) is 0 Å². The average Bonchev–Trinajstić information content (AvgIpc) is 2.76. The van der Waals surface area contributed by atoms with Crippen LogP contribution in [0.5, 0.6) is 0 Å². The van der Waals surface area contributed by atoms with E-state index in [1.54, 1.807) is 0 Å². The van der Waals surface area contributed by atoms with E-state index in [9.17, 15) is 5.26 Å². The lowest BCUT2D eigenvalue weighted by Crippen LogP contribution is -2.52. The second-order valence-electron chi connectivity index (χ2n) is 5.99. The third kappa shape index (κ3) is 3.00. The summed E-state index contributed by atoms with van der Waals surface area (Å²) >= 11 is 0. The molecule has 96 valence electrons. The molecule has 1 saturated heterocycles. The Morgan fingerprint density at radius 2 is 2.00 bits per heavy atom. The van der Waals surface area contributed by atoms with Gasteiger partial charge in [-0.05, 0) is 33.1 Å². The Kier molecular flexibility index (Phi) is 4.06. The summed E-state index contributed by atoms with van der Waals surface area (Å²) in [6, 6.07) is 3.69. The second kappa shape index (κ2) is 5.37. The Morgan fingerprint density at radius 3 is 2.53 bits per heavy atom. The molecule has 1 unspecified atom stereocenters. The van der Waals surface area contributed by atoms with Gasteiger partial charge >= 0.3 is 0 Å². The van der Waals surface area contributed by atoms with Gasteiger partial charge in [0.15, 0.2) is 0 Å². The topological polar surface area (TPSA) is 39.1 Å². The van der Waals surface area contributed by atoms with Crippen LogP contribution in [0.4, 0.5) is 0 Å². The number of nitrogens with zero attached hydrogens (tertiary/aromatic N) is 2. The lowest BCUT2D eigenvalue weighted by Gasteiger charge is -2.32. The fraction of sp³-hybridized carbons (Fsp3) is 0.929. The predicted octanol–water partition coefficient (Wildman–Crippen LogP) is 2.29. The molecule has 1 aliphatic carbocycles. The maximum absolute atomic E-state index is 9.51. The predicted molar refractivity (Wildman–Crippen MR) is 69.7 cm³/mol. The molecule has 2 rings (SSSR count). The Bertz CT molecular complexity index is 288. The lowest BCUT2D eigenvalue weighted by atomic mass is 9.91. The highest BCUT2D eigenvalue weighted by Crippen LogP contribution is 2.26. The fourth-order valence-corrected chi connectivity index (χ4v) is 3.16. The highest BCUT2D eigenvalue weighted by molar-refractivity contribution is 5.14. The van der Waals surface area contributed by atoms with Crippen LogP contribution >= 0.6 is 0 Å². The maximum Gasteiger partial charge on any atom is 0.121 e. The number of hydrogen-bond donors (Lipinski definition) is 1. The molecule has 1 N–H and O–H groups in total. The van der Waals surface area contributed by atoms with Crippen LogP contribution < -0.4 is 5.32 Å². The Hall–Kier alpha value is -0.590. The molecule has 0 amide bonds. The minimum absolute atomic E-state index is 0.272. The third-order valence-electron chi connectivity index (χ3n) is 4.33. The fourth-order valence-electron chi connectivity index (χ4n) is 3.16. The van der Waals surface area contributed by atoms with Gasteiger partial charge in [-0.25, -0.2) is 0 Å². The summed E-state index contributed by atoms with van der Waals surface area (Å²) in [6.07, 6.45) is 7.52. The SMILES string of the molecule is CC(C)N1CCC(C#N)(NC2CCCCC2)C1. The highest BCUT2D eigenvalue weighted by atomic mass is 15.2. The van der Waals surface area contributed by atoms with Crippen LogP contribution in [0.15, 0.2) is 0 Å². The first-order chi connectivity index (χ1) is 8.15. The first-order valence-electron chi connectivity index (χ1n) is 7.08. The van der Waals surface area contributed by atoms with Crippen molar-refractivity contribution >= 4 is 0 Å². The van der Waals surface area contributed by atoms with Gasteiger partial charge in [-0.2, -0.15) is 5.26 Å². The van der Waals surface area contributed by atoms with Crippen molar-refractivity contribution in [1.82, 2.24) is 10.2 Å². The van der Waals surface area contributed by atoms with E-state index < -0.39 is 0 Å². The van der Waals surface area contributed by atoms with E-state index in [1.807, 2.05) is 0 Å². The van der Waals surface area contributed by atoms with Crippen LogP contribution in [0.3, 0.4) is 0 Å². The number of hydrogen-bond acceptors (Lipinski definition) is 3. The third-order valence-corrected chi connectivity index (χ3v) is 4.33. The van der Waals surface area contributed by atoms with E-state index >= 15 is 0 Å². The Labute approximate surface area is 105 Å². The standard InChI is InChI=1S/C14H25N3/c1-12(2)17-9-8-14(10-15,11-17)16-13-6-4-3-5-7-13/h12-13,16H,3-9,11H2,1-2H3. The van der Waals surface area contributed by atoms with Crippen LogP contribution in [0, 0.1) is 11.3 Å². The molecule has 0 radical (unpaired) electrons. The summed E-state index contributed by atoms with van der Waals surface area (Å²) in [5.41, 5.74) is -0.272. The lowest BCUT2D eigenvalue weighted by molar-refractivity contribution is 0.241. The molecule has 1 aliphatic heterocycles. The van der Waals surface area contributed by atoms with E-state index in [1.165, 1.54) is 32.1 Å². The normalized spacial score (nSPS) is 31.9. The summed E-state index contributed by atoms with van der Waals surface area (Å²) in [4.78, 5) is 2.42. The second-order valence-corrected chi connectivity index (χ2v) is 5.99. The van der Waals surface area contributed by atoms with Crippen molar-refractivity contribution in [3.63, 3.8) is 0 Å². The van der Waals surface area contributed by atoms with Crippen molar-refractivity contribution in [2.24, 2.45) is 0 Å². The first kappa shape index (κ1) is 12.9. The van der Waals surface area contributed by atoms with Crippen molar-refractivity contribution in [2.75, 3.05) is 13.1 Å². The summed E-state index contributed by atoms with van der Waals surface area (Å²) in [5, 5.41) is 13.2. The molecular formula is C14H25N3. The zero-order valence-corrected chi connectivity index (χ0v) is 11.2. The molecule has 3 nitrogen and oxygen atoms in total.